The molecule has 2 aromatic carbocycles. The first-order valence-corrected chi connectivity index (χ1v) is 9.49. The van der Waals surface area contributed by atoms with Crippen molar-refractivity contribution in [2.45, 2.75) is 39.5 Å². The predicted molar refractivity (Wildman–Crippen MR) is 109 cm³/mol. The van der Waals surface area contributed by atoms with Crippen LogP contribution in [-0.4, -0.2) is 28.6 Å². The summed E-state index contributed by atoms with van der Waals surface area (Å²) in [7, 11) is 1.48. The summed E-state index contributed by atoms with van der Waals surface area (Å²) in [5, 5.41) is 11.7. The van der Waals surface area contributed by atoms with E-state index in [1.807, 2.05) is 25.1 Å². The van der Waals surface area contributed by atoms with Crippen LogP contribution in [0, 0.1) is 17.0 Å². The zero-order chi connectivity index (χ0) is 20.1. The quantitative estimate of drug-likeness (QED) is 0.303. The molecular formula is C21H25N3O4. The van der Waals surface area contributed by atoms with E-state index < -0.39 is 4.92 Å². The molecule has 0 saturated heterocycles. The van der Waals surface area contributed by atoms with Gasteiger partial charge in [0.2, 0.25) is 5.75 Å². The highest BCUT2D eigenvalue weighted by Gasteiger charge is 2.24. The Morgan fingerprint density at radius 2 is 2.00 bits per heavy atom. The summed E-state index contributed by atoms with van der Waals surface area (Å²) < 4.78 is 11.1. The Balaban J connectivity index is 1.96. The molecule has 7 nitrogen and oxygen atoms in total. The molecule has 3 aromatic rings. The Labute approximate surface area is 163 Å². The maximum Gasteiger partial charge on any atom is 0.315 e. The molecule has 3 rings (SSSR count). The minimum atomic E-state index is -0.444. The number of methoxy groups -OCH3 is 1. The zero-order valence-corrected chi connectivity index (χ0v) is 16.4. The smallest absolute Gasteiger partial charge is 0.315 e. The maximum atomic E-state index is 11.7. The van der Waals surface area contributed by atoms with Gasteiger partial charge in [-0.3, -0.25) is 10.1 Å². The van der Waals surface area contributed by atoms with Gasteiger partial charge in [0.15, 0.2) is 5.75 Å². The molecule has 1 heterocycles. The molecule has 0 atom stereocenters. The predicted octanol–water partition coefficient (Wildman–Crippen LogP) is 5.41. The van der Waals surface area contributed by atoms with E-state index in [2.05, 4.69) is 16.9 Å². The minimum Gasteiger partial charge on any atom is -0.493 e. The van der Waals surface area contributed by atoms with Crippen LogP contribution in [0.3, 0.4) is 0 Å². The second-order valence-corrected chi connectivity index (χ2v) is 6.80. The van der Waals surface area contributed by atoms with Crippen LogP contribution in [0.15, 0.2) is 30.3 Å². The van der Waals surface area contributed by atoms with E-state index in [9.17, 15) is 10.1 Å². The van der Waals surface area contributed by atoms with Gasteiger partial charge in [-0.1, -0.05) is 32.3 Å². The molecule has 0 amide bonds. The van der Waals surface area contributed by atoms with E-state index in [4.69, 9.17) is 9.47 Å². The van der Waals surface area contributed by atoms with Crippen LogP contribution in [0.25, 0.3) is 22.4 Å². The normalized spacial score (nSPS) is 11.0. The van der Waals surface area contributed by atoms with E-state index in [1.54, 1.807) is 6.07 Å². The van der Waals surface area contributed by atoms with Gasteiger partial charge in [0.25, 0.3) is 0 Å². The molecule has 1 N–H and O–H groups in total. The van der Waals surface area contributed by atoms with Crippen molar-refractivity contribution in [3.8, 4) is 22.9 Å². The SMILES string of the molecule is CCCCCCOc1c(OC)cc(-c2nc3ccc(C)cc3[nH]2)cc1[N+](=O)[O-]. The molecule has 0 radical (unpaired) electrons. The molecule has 1 aromatic heterocycles. The number of aromatic nitrogens is 2. The topological polar surface area (TPSA) is 90.3 Å². The fraction of sp³-hybridized carbons (Fsp3) is 0.381. The summed E-state index contributed by atoms with van der Waals surface area (Å²) >= 11 is 0. The number of nitrogens with zero attached hydrogens (tertiary/aromatic N) is 2. The van der Waals surface area contributed by atoms with Crippen molar-refractivity contribution in [3.63, 3.8) is 0 Å². The van der Waals surface area contributed by atoms with Gasteiger partial charge in [0.05, 0.1) is 29.7 Å². The van der Waals surface area contributed by atoms with Gasteiger partial charge < -0.3 is 14.5 Å². The number of H-pyrrole nitrogens is 1. The Bertz CT molecular complexity index is 981. The van der Waals surface area contributed by atoms with E-state index in [-0.39, 0.29) is 11.4 Å². The number of nitro groups is 1. The molecule has 0 bridgehead atoms. The van der Waals surface area contributed by atoms with Gasteiger partial charge in [-0.15, -0.1) is 0 Å². The number of unbranched alkanes of at least 4 members (excludes halogenated alkanes) is 3. The van der Waals surface area contributed by atoms with Crippen molar-refractivity contribution >= 4 is 16.7 Å². The first kappa shape index (κ1) is 19.7. The molecule has 7 heteroatoms. The van der Waals surface area contributed by atoms with Crippen LogP contribution >= 0.6 is 0 Å². The third-order valence-electron chi connectivity index (χ3n) is 4.61. The molecule has 0 aliphatic rings. The summed E-state index contributed by atoms with van der Waals surface area (Å²) in [6, 6.07) is 9.09. The lowest BCUT2D eigenvalue weighted by atomic mass is 10.1. The van der Waals surface area contributed by atoms with Gasteiger partial charge in [-0.05, 0) is 37.1 Å². The van der Waals surface area contributed by atoms with E-state index >= 15 is 0 Å². The van der Waals surface area contributed by atoms with Crippen molar-refractivity contribution < 1.29 is 14.4 Å². The molecule has 148 valence electrons. The molecule has 28 heavy (non-hydrogen) atoms. The first-order valence-electron chi connectivity index (χ1n) is 9.49. The van der Waals surface area contributed by atoms with Crippen LogP contribution in [0.1, 0.15) is 38.2 Å². The molecule has 0 aliphatic heterocycles. The van der Waals surface area contributed by atoms with E-state index in [0.717, 1.165) is 42.3 Å². The molecule has 0 spiro atoms. The van der Waals surface area contributed by atoms with Gasteiger partial charge >= 0.3 is 5.69 Å². The highest BCUT2D eigenvalue weighted by Crippen LogP contribution is 2.41. The van der Waals surface area contributed by atoms with Crippen molar-refractivity contribution in [3.05, 3.63) is 46.0 Å². The summed E-state index contributed by atoms with van der Waals surface area (Å²) in [6.07, 6.45) is 4.12. The van der Waals surface area contributed by atoms with Gasteiger partial charge in [-0.25, -0.2) is 4.98 Å². The molecule has 0 fully saturated rings. The number of nitrogens with one attached hydrogen (secondary N) is 1. The van der Waals surface area contributed by atoms with Crippen LogP contribution in [0.5, 0.6) is 11.5 Å². The number of ether oxygens (including phenoxy) is 2. The highest BCUT2D eigenvalue weighted by molar-refractivity contribution is 5.81. The van der Waals surface area contributed by atoms with Crippen molar-refractivity contribution in [2.24, 2.45) is 0 Å². The first-order chi connectivity index (χ1) is 13.5. The second kappa shape index (κ2) is 8.73. The number of benzene rings is 2. The standard InChI is InChI=1S/C21H25N3O4/c1-4-5-6-7-10-28-20-18(24(25)26)12-15(13-19(20)27-3)21-22-16-9-8-14(2)11-17(16)23-21/h8-9,11-13H,4-7,10H2,1-3H3,(H,22,23). The summed E-state index contributed by atoms with van der Waals surface area (Å²) in [4.78, 5) is 19.0. The largest absolute Gasteiger partial charge is 0.493 e. The van der Waals surface area contributed by atoms with Crippen molar-refractivity contribution in [1.82, 2.24) is 9.97 Å². The third-order valence-corrected chi connectivity index (χ3v) is 4.61. The number of rotatable bonds is 9. The average molecular weight is 383 g/mol. The molecular weight excluding hydrogens is 358 g/mol. The average Bonchev–Trinajstić information content (AvgIpc) is 3.10. The van der Waals surface area contributed by atoms with Gasteiger partial charge in [0, 0.05) is 11.6 Å². The number of nitro benzene ring substituents is 1. The number of hydrogen-bond donors (Lipinski definition) is 1. The minimum absolute atomic E-state index is 0.124. The summed E-state index contributed by atoms with van der Waals surface area (Å²) in [5.74, 6) is 1.05. The molecule has 0 aliphatic carbocycles. The van der Waals surface area contributed by atoms with Crippen molar-refractivity contribution in [1.29, 1.82) is 0 Å². The van der Waals surface area contributed by atoms with Crippen LogP contribution in [-0.2, 0) is 0 Å². The maximum absolute atomic E-state index is 11.7. The van der Waals surface area contributed by atoms with Crippen LogP contribution < -0.4 is 9.47 Å². The van der Waals surface area contributed by atoms with E-state index in [0.29, 0.717) is 23.7 Å². The van der Waals surface area contributed by atoms with Crippen LogP contribution in [0.4, 0.5) is 5.69 Å². The Morgan fingerprint density at radius 1 is 1.18 bits per heavy atom. The fourth-order valence-electron chi connectivity index (χ4n) is 3.12. The zero-order valence-electron chi connectivity index (χ0n) is 16.4. The van der Waals surface area contributed by atoms with Crippen LogP contribution in [0.2, 0.25) is 0 Å². The Kier molecular flexibility index (Phi) is 6.13. The lowest BCUT2D eigenvalue weighted by molar-refractivity contribution is -0.385. The van der Waals surface area contributed by atoms with Crippen molar-refractivity contribution in [2.75, 3.05) is 13.7 Å². The summed E-state index contributed by atoms with van der Waals surface area (Å²) in [5.41, 5.74) is 3.25. The molecule has 0 saturated carbocycles. The lowest BCUT2D eigenvalue weighted by Gasteiger charge is -2.12. The molecule has 0 unspecified atom stereocenters. The number of imidazole rings is 1. The van der Waals surface area contributed by atoms with Gasteiger partial charge in [0.1, 0.15) is 5.82 Å². The number of aromatic amines is 1. The number of hydrogen-bond acceptors (Lipinski definition) is 5. The fourth-order valence-corrected chi connectivity index (χ4v) is 3.12. The summed E-state index contributed by atoms with van der Waals surface area (Å²) in [6.45, 7) is 4.55. The number of fused-ring (bicyclic) bond motifs is 1. The third kappa shape index (κ3) is 4.24. The van der Waals surface area contributed by atoms with E-state index in [1.165, 1.54) is 13.2 Å². The Hall–Kier alpha value is -3.09. The number of aryl methyl sites for hydroxylation is 1. The highest BCUT2D eigenvalue weighted by atomic mass is 16.6. The Morgan fingerprint density at radius 3 is 2.71 bits per heavy atom. The second-order valence-electron chi connectivity index (χ2n) is 6.80. The van der Waals surface area contributed by atoms with Gasteiger partial charge in [-0.2, -0.15) is 0 Å². The lowest BCUT2D eigenvalue weighted by Crippen LogP contribution is -2.03. The monoisotopic (exact) mass is 383 g/mol.